The molecule has 0 spiro atoms. The summed E-state index contributed by atoms with van der Waals surface area (Å²) in [7, 11) is 0. The van der Waals surface area contributed by atoms with Crippen LogP contribution in [-0.2, 0) is 0 Å². The molecule has 3 rings (SSSR count). The van der Waals surface area contributed by atoms with E-state index in [4.69, 9.17) is 17.3 Å². The Bertz CT molecular complexity index is 834. The molecular weight excluding hydrogens is 365 g/mol. The van der Waals surface area contributed by atoms with Crippen molar-refractivity contribution in [2.75, 3.05) is 22.5 Å². The first-order chi connectivity index (χ1) is 12.8. The molecule has 0 amide bonds. The second kappa shape index (κ2) is 8.13. The lowest BCUT2D eigenvalue weighted by Crippen LogP contribution is -2.30. The molecule has 1 aliphatic rings. The summed E-state index contributed by atoms with van der Waals surface area (Å²) in [6.07, 6.45) is 4.15. The average molecular weight is 390 g/mol. The molecule has 1 aromatic heterocycles. The number of halogens is 2. The van der Waals surface area contributed by atoms with Crippen molar-refractivity contribution < 1.29 is 4.39 Å². The summed E-state index contributed by atoms with van der Waals surface area (Å²) < 4.78 is 14.3. The topological polar surface area (TPSA) is 67.1 Å². The normalized spacial score (nSPS) is 17.5. The summed E-state index contributed by atoms with van der Waals surface area (Å²) in [5.41, 5.74) is 8.61. The maximum Gasteiger partial charge on any atom is 0.222 e. The van der Waals surface area contributed by atoms with Gasteiger partial charge in [-0.3, -0.25) is 0 Å². The van der Waals surface area contributed by atoms with Crippen molar-refractivity contribution in [3.05, 3.63) is 52.6 Å². The Morgan fingerprint density at radius 1 is 1.30 bits per heavy atom. The Hall–Kier alpha value is -2.34. The van der Waals surface area contributed by atoms with E-state index in [-0.39, 0.29) is 12.0 Å². The second-order valence-electron chi connectivity index (χ2n) is 7.04. The Balaban J connectivity index is 2.06. The Morgan fingerprint density at radius 2 is 2.07 bits per heavy atom. The minimum absolute atomic E-state index is 0.0139. The number of benzene rings is 1. The van der Waals surface area contributed by atoms with Gasteiger partial charge in [-0.2, -0.15) is 4.98 Å². The molecule has 0 saturated carbocycles. The molecule has 2 aromatic rings. The standard InChI is InChI=1S/C20H25ClFN5/c1-12(2)24-17-10-14(15(21)11-16(17)22)18-7-5-4-6-8-27(18)19-9-13(3)25-20(23)26-19/h9-11,18,24H,1,4-8H2,2-3H3,(H2,23,25,26). The van der Waals surface area contributed by atoms with Gasteiger partial charge < -0.3 is 16.0 Å². The smallest absolute Gasteiger partial charge is 0.222 e. The number of nitrogens with one attached hydrogen (secondary N) is 1. The third-order valence-electron chi connectivity index (χ3n) is 4.70. The average Bonchev–Trinajstić information content (AvgIpc) is 2.82. The van der Waals surface area contributed by atoms with Gasteiger partial charge in [0, 0.05) is 29.0 Å². The first-order valence-corrected chi connectivity index (χ1v) is 9.52. The zero-order valence-electron chi connectivity index (χ0n) is 15.7. The van der Waals surface area contributed by atoms with Gasteiger partial charge in [0.2, 0.25) is 5.95 Å². The molecule has 0 radical (unpaired) electrons. The molecule has 1 unspecified atom stereocenters. The van der Waals surface area contributed by atoms with Gasteiger partial charge in [0.25, 0.3) is 0 Å². The van der Waals surface area contributed by atoms with Crippen LogP contribution in [0.2, 0.25) is 5.02 Å². The van der Waals surface area contributed by atoms with E-state index < -0.39 is 5.82 Å². The van der Waals surface area contributed by atoms with Crippen LogP contribution >= 0.6 is 11.6 Å². The maximum atomic E-state index is 14.3. The molecule has 1 saturated heterocycles. The molecule has 0 bridgehead atoms. The maximum absolute atomic E-state index is 14.3. The zero-order chi connectivity index (χ0) is 19.6. The van der Waals surface area contributed by atoms with Crippen LogP contribution in [0.3, 0.4) is 0 Å². The quantitative estimate of drug-likeness (QED) is 0.749. The molecule has 7 heteroatoms. The highest BCUT2D eigenvalue weighted by Crippen LogP contribution is 2.39. The van der Waals surface area contributed by atoms with Crippen LogP contribution in [0.25, 0.3) is 0 Å². The first kappa shape index (κ1) is 19.4. The summed E-state index contributed by atoms with van der Waals surface area (Å²) in [6.45, 7) is 8.32. The van der Waals surface area contributed by atoms with Crippen LogP contribution in [0.5, 0.6) is 0 Å². The van der Waals surface area contributed by atoms with E-state index in [1.165, 1.54) is 6.07 Å². The van der Waals surface area contributed by atoms with E-state index in [1.807, 2.05) is 13.0 Å². The van der Waals surface area contributed by atoms with Gasteiger partial charge in [0.05, 0.1) is 11.7 Å². The second-order valence-corrected chi connectivity index (χ2v) is 7.45. The Kier molecular flexibility index (Phi) is 5.85. The van der Waals surface area contributed by atoms with Gasteiger partial charge in [-0.25, -0.2) is 9.37 Å². The summed E-state index contributed by atoms with van der Waals surface area (Å²) in [5, 5.41) is 3.39. The monoisotopic (exact) mass is 389 g/mol. The van der Waals surface area contributed by atoms with Crippen molar-refractivity contribution in [3.63, 3.8) is 0 Å². The number of allylic oxidation sites excluding steroid dienone is 1. The highest BCUT2D eigenvalue weighted by Gasteiger charge is 2.27. The van der Waals surface area contributed by atoms with E-state index in [1.54, 1.807) is 13.0 Å². The Labute approximate surface area is 164 Å². The van der Waals surface area contributed by atoms with Gasteiger partial charge in [-0.15, -0.1) is 0 Å². The van der Waals surface area contributed by atoms with Crippen molar-refractivity contribution in [2.24, 2.45) is 0 Å². The van der Waals surface area contributed by atoms with Crippen LogP contribution in [-0.4, -0.2) is 16.5 Å². The fourth-order valence-corrected chi connectivity index (χ4v) is 3.85. The molecule has 3 N–H and O–H groups in total. The van der Waals surface area contributed by atoms with Crippen LogP contribution in [0.4, 0.5) is 21.8 Å². The summed E-state index contributed by atoms with van der Waals surface area (Å²) >= 11 is 6.47. The van der Waals surface area contributed by atoms with Gasteiger partial charge in [-0.1, -0.05) is 31.0 Å². The minimum atomic E-state index is -0.394. The number of anilines is 3. The van der Waals surface area contributed by atoms with Crippen molar-refractivity contribution >= 4 is 29.1 Å². The lowest BCUT2D eigenvalue weighted by molar-refractivity contribution is 0.591. The molecule has 27 heavy (non-hydrogen) atoms. The number of rotatable bonds is 4. The molecule has 1 aromatic carbocycles. The van der Waals surface area contributed by atoms with Crippen molar-refractivity contribution in [1.82, 2.24) is 9.97 Å². The molecule has 144 valence electrons. The van der Waals surface area contributed by atoms with E-state index in [2.05, 4.69) is 26.8 Å². The number of nitrogens with two attached hydrogens (primary N) is 1. The molecule has 1 atom stereocenters. The lowest BCUT2D eigenvalue weighted by Gasteiger charge is -2.32. The van der Waals surface area contributed by atoms with Gasteiger partial charge in [0.15, 0.2) is 0 Å². The van der Waals surface area contributed by atoms with Gasteiger partial charge in [0.1, 0.15) is 11.6 Å². The number of hydrogen-bond acceptors (Lipinski definition) is 5. The molecule has 1 fully saturated rings. The van der Waals surface area contributed by atoms with Crippen LogP contribution in [0.1, 0.15) is 49.9 Å². The highest BCUT2D eigenvalue weighted by atomic mass is 35.5. The largest absolute Gasteiger partial charge is 0.368 e. The number of aryl methyl sites for hydroxylation is 1. The molecule has 0 aliphatic carbocycles. The lowest BCUT2D eigenvalue weighted by atomic mass is 9.99. The van der Waals surface area contributed by atoms with E-state index in [0.29, 0.717) is 16.4 Å². The fourth-order valence-electron chi connectivity index (χ4n) is 3.57. The number of nitrogen functional groups attached to an aromatic ring is 1. The predicted octanol–water partition coefficient (Wildman–Crippen LogP) is 5.23. The number of hydrogen-bond donors (Lipinski definition) is 2. The van der Waals surface area contributed by atoms with E-state index in [9.17, 15) is 4.39 Å². The number of aromatic nitrogens is 2. The molecule has 5 nitrogen and oxygen atoms in total. The van der Waals surface area contributed by atoms with Crippen LogP contribution in [0, 0.1) is 12.7 Å². The minimum Gasteiger partial charge on any atom is -0.368 e. The fraction of sp³-hybridized carbons (Fsp3) is 0.400. The van der Waals surface area contributed by atoms with Crippen molar-refractivity contribution in [2.45, 2.75) is 45.6 Å². The SMILES string of the molecule is C=C(C)Nc1cc(C2CCCCCN2c2cc(C)nc(N)n2)c(Cl)cc1F. The first-order valence-electron chi connectivity index (χ1n) is 9.14. The third kappa shape index (κ3) is 4.50. The molecule has 1 aliphatic heterocycles. The molecule has 2 heterocycles. The number of nitrogens with zero attached hydrogens (tertiary/aromatic N) is 3. The van der Waals surface area contributed by atoms with Crippen molar-refractivity contribution in [1.29, 1.82) is 0 Å². The van der Waals surface area contributed by atoms with Gasteiger partial charge in [-0.05, 0) is 44.4 Å². The van der Waals surface area contributed by atoms with Crippen LogP contribution < -0.4 is 16.0 Å². The van der Waals surface area contributed by atoms with E-state index >= 15 is 0 Å². The molecular formula is C20H25ClFN5. The predicted molar refractivity (Wildman–Crippen MR) is 110 cm³/mol. The van der Waals surface area contributed by atoms with E-state index in [0.717, 1.165) is 49.3 Å². The van der Waals surface area contributed by atoms with Gasteiger partial charge >= 0.3 is 0 Å². The van der Waals surface area contributed by atoms with Crippen LogP contribution in [0.15, 0.2) is 30.5 Å². The zero-order valence-corrected chi connectivity index (χ0v) is 16.5. The highest BCUT2D eigenvalue weighted by molar-refractivity contribution is 6.31. The summed E-state index contributed by atoms with van der Waals surface area (Å²) in [6, 6.07) is 5.07. The Morgan fingerprint density at radius 3 is 2.78 bits per heavy atom. The third-order valence-corrected chi connectivity index (χ3v) is 5.03. The van der Waals surface area contributed by atoms with Crippen molar-refractivity contribution in [3.8, 4) is 0 Å². The summed E-state index contributed by atoms with van der Waals surface area (Å²) in [4.78, 5) is 10.8. The summed E-state index contributed by atoms with van der Waals surface area (Å²) in [5.74, 6) is 0.638.